The maximum Gasteiger partial charge on any atom is 0.471 e. The first kappa shape index (κ1) is 18.1. The number of aromatic hydroxyl groups is 1. The number of benzene rings is 1. The largest absolute Gasteiger partial charge is 0.507 e. The van der Waals surface area contributed by atoms with Gasteiger partial charge in [-0.15, -0.1) is 11.6 Å². The maximum absolute atomic E-state index is 12.6. The Balaban J connectivity index is 2.56. The van der Waals surface area contributed by atoms with Crippen LogP contribution in [0.5, 0.6) is 5.75 Å². The summed E-state index contributed by atoms with van der Waals surface area (Å²) >= 11 is 5.81. The molecule has 0 bridgehead atoms. The molecule has 1 aromatic heterocycles. The summed E-state index contributed by atoms with van der Waals surface area (Å²) in [4.78, 5) is 14.8. The summed E-state index contributed by atoms with van der Waals surface area (Å²) < 4.78 is 42.0. The third-order valence-corrected chi connectivity index (χ3v) is 3.55. The van der Waals surface area contributed by atoms with Crippen LogP contribution < -0.4 is 5.32 Å². The third kappa shape index (κ3) is 3.45. The minimum absolute atomic E-state index is 0.0729. The first-order chi connectivity index (χ1) is 11.2. The SMILES string of the molecule is CCC(=O)Nc1cc(CCl)c(-c2noc(C(F)(F)F)n2)c(O)c1C. The summed E-state index contributed by atoms with van der Waals surface area (Å²) in [6.07, 6.45) is -4.58. The number of rotatable bonds is 4. The van der Waals surface area contributed by atoms with Gasteiger partial charge >= 0.3 is 12.1 Å². The lowest BCUT2D eigenvalue weighted by atomic mass is 10.0. The lowest BCUT2D eigenvalue weighted by molar-refractivity contribution is -0.159. The molecule has 0 atom stereocenters. The fourth-order valence-corrected chi connectivity index (χ4v) is 2.20. The molecule has 24 heavy (non-hydrogen) atoms. The standard InChI is InChI=1S/C14H13ClF3N3O3/c1-3-9(22)19-8-4-7(5-15)10(11(23)6(8)2)12-20-13(24-21-12)14(16,17)18/h4,23H,3,5H2,1-2H3,(H,19,22). The number of halogens is 4. The summed E-state index contributed by atoms with van der Waals surface area (Å²) in [6, 6.07) is 1.45. The maximum atomic E-state index is 12.6. The van der Waals surface area contributed by atoms with Crippen LogP contribution in [0.3, 0.4) is 0 Å². The quantitative estimate of drug-likeness (QED) is 0.805. The molecule has 0 spiro atoms. The highest BCUT2D eigenvalue weighted by molar-refractivity contribution is 6.17. The fraction of sp³-hybridized carbons (Fsp3) is 0.357. The molecule has 130 valence electrons. The number of anilines is 1. The molecular formula is C14H13ClF3N3O3. The van der Waals surface area contributed by atoms with Gasteiger partial charge in [0, 0.05) is 23.6 Å². The third-order valence-electron chi connectivity index (χ3n) is 3.27. The van der Waals surface area contributed by atoms with E-state index in [1.54, 1.807) is 6.92 Å². The van der Waals surface area contributed by atoms with E-state index in [0.717, 1.165) is 0 Å². The molecule has 1 heterocycles. The predicted molar refractivity (Wildman–Crippen MR) is 79.6 cm³/mol. The van der Waals surface area contributed by atoms with Crippen LogP contribution in [-0.2, 0) is 16.9 Å². The van der Waals surface area contributed by atoms with Crippen LogP contribution in [0.15, 0.2) is 10.6 Å². The van der Waals surface area contributed by atoms with Crippen LogP contribution in [0.1, 0.15) is 30.4 Å². The van der Waals surface area contributed by atoms with E-state index in [1.165, 1.54) is 13.0 Å². The van der Waals surface area contributed by atoms with Crippen molar-refractivity contribution in [3.05, 3.63) is 23.1 Å². The molecular weight excluding hydrogens is 351 g/mol. The number of carbonyl (C=O) groups excluding carboxylic acids is 1. The summed E-state index contributed by atoms with van der Waals surface area (Å²) in [5, 5.41) is 16.2. The number of aromatic nitrogens is 2. The molecule has 0 saturated heterocycles. The molecule has 0 unspecified atom stereocenters. The van der Waals surface area contributed by atoms with Crippen molar-refractivity contribution in [2.75, 3.05) is 5.32 Å². The van der Waals surface area contributed by atoms with E-state index in [4.69, 9.17) is 11.6 Å². The second-order valence-corrected chi connectivity index (χ2v) is 5.16. The van der Waals surface area contributed by atoms with Gasteiger partial charge in [0.25, 0.3) is 0 Å². The number of nitrogens with one attached hydrogen (secondary N) is 1. The molecule has 10 heteroatoms. The van der Waals surface area contributed by atoms with Crippen LogP contribution >= 0.6 is 11.6 Å². The lowest BCUT2D eigenvalue weighted by Gasteiger charge is -2.14. The van der Waals surface area contributed by atoms with Crippen molar-refractivity contribution in [3.63, 3.8) is 0 Å². The van der Waals surface area contributed by atoms with Gasteiger partial charge in [0.2, 0.25) is 11.7 Å². The van der Waals surface area contributed by atoms with E-state index in [1.807, 2.05) is 0 Å². The molecule has 0 radical (unpaired) electrons. The fourth-order valence-electron chi connectivity index (χ4n) is 1.99. The highest BCUT2D eigenvalue weighted by atomic mass is 35.5. The van der Waals surface area contributed by atoms with E-state index in [0.29, 0.717) is 5.69 Å². The Morgan fingerprint density at radius 1 is 1.46 bits per heavy atom. The Morgan fingerprint density at radius 3 is 2.62 bits per heavy atom. The molecule has 2 aromatic rings. The molecule has 2 N–H and O–H groups in total. The van der Waals surface area contributed by atoms with Crippen LogP contribution in [0.4, 0.5) is 18.9 Å². The highest BCUT2D eigenvalue weighted by Gasteiger charge is 2.39. The zero-order chi connectivity index (χ0) is 18.1. The molecule has 2 rings (SSSR count). The Morgan fingerprint density at radius 2 is 2.12 bits per heavy atom. The average Bonchev–Trinajstić information content (AvgIpc) is 3.01. The van der Waals surface area contributed by atoms with Crippen LogP contribution in [0.2, 0.25) is 0 Å². The Hall–Kier alpha value is -2.29. The van der Waals surface area contributed by atoms with Crippen LogP contribution in [0, 0.1) is 6.92 Å². The molecule has 0 saturated carbocycles. The van der Waals surface area contributed by atoms with Crippen molar-refractivity contribution in [2.24, 2.45) is 0 Å². The van der Waals surface area contributed by atoms with Gasteiger partial charge in [-0.25, -0.2) is 0 Å². The summed E-state index contributed by atoms with van der Waals surface area (Å²) in [7, 11) is 0. The van der Waals surface area contributed by atoms with Gasteiger partial charge in [-0.3, -0.25) is 4.79 Å². The number of carbonyl (C=O) groups is 1. The first-order valence-corrected chi connectivity index (χ1v) is 7.35. The van der Waals surface area contributed by atoms with Gasteiger partial charge in [0.1, 0.15) is 5.75 Å². The normalized spacial score (nSPS) is 11.6. The van der Waals surface area contributed by atoms with Crippen molar-refractivity contribution in [1.29, 1.82) is 0 Å². The summed E-state index contributed by atoms with van der Waals surface area (Å²) in [6.45, 7) is 3.15. The second kappa shape index (κ2) is 6.68. The second-order valence-electron chi connectivity index (χ2n) is 4.89. The lowest BCUT2D eigenvalue weighted by Crippen LogP contribution is -2.11. The molecule has 0 aliphatic rings. The number of hydrogen-bond acceptors (Lipinski definition) is 5. The molecule has 0 fully saturated rings. The number of phenols is 1. The highest BCUT2D eigenvalue weighted by Crippen LogP contribution is 2.40. The molecule has 1 amide bonds. The van der Waals surface area contributed by atoms with Gasteiger partial charge < -0.3 is 14.9 Å². The number of hydrogen-bond donors (Lipinski definition) is 2. The Labute approximate surface area is 139 Å². The topological polar surface area (TPSA) is 88.3 Å². The van der Waals surface area contributed by atoms with E-state index in [2.05, 4.69) is 20.0 Å². The van der Waals surface area contributed by atoms with Gasteiger partial charge in [-0.1, -0.05) is 12.1 Å². The number of alkyl halides is 4. The first-order valence-electron chi connectivity index (χ1n) is 6.81. The summed E-state index contributed by atoms with van der Waals surface area (Å²) in [5.74, 6) is -2.78. The molecule has 0 aliphatic heterocycles. The summed E-state index contributed by atoms with van der Waals surface area (Å²) in [5.41, 5.74) is 0.731. The smallest absolute Gasteiger partial charge is 0.471 e. The number of phenolic OH excluding ortho intramolecular Hbond substituents is 1. The minimum atomic E-state index is -4.80. The van der Waals surface area contributed by atoms with Gasteiger partial charge in [0.05, 0.1) is 5.56 Å². The Bertz CT molecular complexity index is 775. The van der Waals surface area contributed by atoms with E-state index >= 15 is 0 Å². The van der Waals surface area contributed by atoms with Crippen LogP contribution in [0.25, 0.3) is 11.4 Å². The molecule has 0 aliphatic carbocycles. The zero-order valence-corrected chi connectivity index (χ0v) is 13.4. The van der Waals surface area contributed by atoms with E-state index in [9.17, 15) is 23.1 Å². The van der Waals surface area contributed by atoms with Crippen molar-refractivity contribution in [1.82, 2.24) is 10.1 Å². The van der Waals surface area contributed by atoms with Crippen molar-refractivity contribution < 1.29 is 27.6 Å². The minimum Gasteiger partial charge on any atom is -0.507 e. The zero-order valence-electron chi connectivity index (χ0n) is 12.7. The van der Waals surface area contributed by atoms with E-state index < -0.39 is 17.9 Å². The number of amides is 1. The van der Waals surface area contributed by atoms with Crippen molar-refractivity contribution in [3.8, 4) is 17.1 Å². The van der Waals surface area contributed by atoms with Gasteiger partial charge in [-0.2, -0.15) is 18.2 Å². The molecule has 1 aromatic carbocycles. The van der Waals surface area contributed by atoms with Gasteiger partial charge in [0.15, 0.2) is 0 Å². The van der Waals surface area contributed by atoms with Crippen LogP contribution in [-0.4, -0.2) is 21.2 Å². The average molecular weight is 364 g/mol. The molecule has 6 nitrogen and oxygen atoms in total. The monoisotopic (exact) mass is 363 g/mol. The van der Waals surface area contributed by atoms with Crippen molar-refractivity contribution in [2.45, 2.75) is 32.3 Å². The van der Waals surface area contributed by atoms with Crippen molar-refractivity contribution >= 4 is 23.2 Å². The van der Waals surface area contributed by atoms with Gasteiger partial charge in [-0.05, 0) is 18.6 Å². The predicted octanol–water partition coefficient (Wildman–Crippen LogP) is 3.86. The Kier molecular flexibility index (Phi) is 5.02. The van der Waals surface area contributed by atoms with E-state index in [-0.39, 0.29) is 40.6 Å². The number of nitrogens with zero attached hydrogens (tertiary/aromatic N) is 2.